The maximum atomic E-state index is 12.9. The first kappa shape index (κ1) is 73.6. The smallest absolute Gasteiger partial charge is 0.306 e. The van der Waals surface area contributed by atoms with Crippen molar-refractivity contribution in [2.45, 2.75) is 335 Å². The quantitative estimate of drug-likeness (QED) is 0.0261. The molecule has 0 amide bonds. The second-order valence-corrected chi connectivity index (χ2v) is 22.0. The molecule has 6 heteroatoms. The van der Waals surface area contributed by atoms with E-state index in [0.29, 0.717) is 19.3 Å². The van der Waals surface area contributed by atoms with Crippen LogP contribution in [0.2, 0.25) is 0 Å². The van der Waals surface area contributed by atoms with E-state index in [1.807, 2.05) is 0 Å². The van der Waals surface area contributed by atoms with Crippen LogP contribution in [0.5, 0.6) is 0 Å². The molecule has 0 spiro atoms. The van der Waals surface area contributed by atoms with Gasteiger partial charge in [-0.3, -0.25) is 14.4 Å². The zero-order valence-corrected chi connectivity index (χ0v) is 51.0. The van der Waals surface area contributed by atoms with Crippen LogP contribution in [0.3, 0.4) is 0 Å². The van der Waals surface area contributed by atoms with E-state index >= 15 is 0 Å². The highest BCUT2D eigenvalue weighted by molar-refractivity contribution is 5.71. The summed E-state index contributed by atoms with van der Waals surface area (Å²) in [6, 6.07) is 0. The van der Waals surface area contributed by atoms with Gasteiger partial charge in [0.2, 0.25) is 0 Å². The van der Waals surface area contributed by atoms with E-state index in [4.69, 9.17) is 14.2 Å². The van der Waals surface area contributed by atoms with E-state index in [0.717, 1.165) is 103 Å². The highest BCUT2D eigenvalue weighted by atomic mass is 16.6. The maximum Gasteiger partial charge on any atom is 0.306 e. The first-order valence-electron chi connectivity index (χ1n) is 33.1. The van der Waals surface area contributed by atoms with Gasteiger partial charge in [0.05, 0.1) is 0 Å². The molecule has 444 valence electrons. The number of esters is 3. The molecule has 0 saturated carbocycles. The molecule has 0 fully saturated rings. The average Bonchev–Trinajstić information content (AvgIpc) is 3.43. The number of hydrogen-bond acceptors (Lipinski definition) is 6. The monoisotopic (exact) mass is 1070 g/mol. The highest BCUT2D eigenvalue weighted by Gasteiger charge is 2.19. The number of rotatable bonds is 60. The first-order chi connectivity index (χ1) is 38.0. The zero-order valence-electron chi connectivity index (χ0n) is 51.0. The lowest BCUT2D eigenvalue weighted by atomic mass is 10.0. The van der Waals surface area contributed by atoms with Crippen LogP contribution in [0.25, 0.3) is 0 Å². The van der Waals surface area contributed by atoms with Gasteiger partial charge in [-0.1, -0.05) is 279 Å². The molecule has 0 saturated heterocycles. The average molecular weight is 1070 g/mol. The highest BCUT2D eigenvalue weighted by Crippen LogP contribution is 2.16. The van der Waals surface area contributed by atoms with Crippen molar-refractivity contribution in [1.82, 2.24) is 0 Å². The number of unbranched alkanes of at least 4 members (excludes halogenated alkanes) is 35. The SMILES string of the molecule is CC/C=C\C/C=C\C/C=C\CCCCCCCCCC(=O)OC(COC(=O)CCCCCCCCC/C=C\C/C=C\CCCCC)COC(=O)CCCCCCCCCCCCCCC/C=C\C/C=C\CCCCCCC. The molecule has 0 heterocycles. The summed E-state index contributed by atoms with van der Waals surface area (Å²) in [6.45, 7) is 6.52. The molecule has 0 aromatic heterocycles. The molecular formula is C71H124O6. The Labute approximate surface area is 477 Å². The molecule has 0 aromatic carbocycles. The minimum absolute atomic E-state index is 0.0822. The summed E-state index contributed by atoms with van der Waals surface area (Å²) >= 11 is 0. The van der Waals surface area contributed by atoms with Crippen LogP contribution in [0.1, 0.15) is 329 Å². The molecule has 0 rings (SSSR count). The molecule has 0 radical (unpaired) electrons. The van der Waals surface area contributed by atoms with Crippen molar-refractivity contribution < 1.29 is 28.6 Å². The number of hydrogen-bond donors (Lipinski definition) is 0. The molecular weight excluding hydrogens is 949 g/mol. The van der Waals surface area contributed by atoms with Gasteiger partial charge in [0.15, 0.2) is 6.10 Å². The fourth-order valence-electron chi connectivity index (χ4n) is 9.40. The van der Waals surface area contributed by atoms with Gasteiger partial charge in [0.1, 0.15) is 13.2 Å². The lowest BCUT2D eigenvalue weighted by Gasteiger charge is -2.18. The van der Waals surface area contributed by atoms with Gasteiger partial charge in [-0.2, -0.15) is 0 Å². The van der Waals surface area contributed by atoms with Crippen molar-refractivity contribution in [3.63, 3.8) is 0 Å². The Bertz CT molecular complexity index is 1470. The molecule has 1 unspecified atom stereocenters. The number of carbonyl (C=O) groups is 3. The number of carbonyl (C=O) groups excluding carboxylic acids is 3. The fourth-order valence-corrected chi connectivity index (χ4v) is 9.40. The second-order valence-electron chi connectivity index (χ2n) is 22.0. The van der Waals surface area contributed by atoms with E-state index < -0.39 is 6.10 Å². The Morgan fingerprint density at radius 2 is 0.506 bits per heavy atom. The first-order valence-corrected chi connectivity index (χ1v) is 33.1. The van der Waals surface area contributed by atoms with Crippen molar-refractivity contribution in [2.75, 3.05) is 13.2 Å². The molecule has 0 aromatic rings. The summed E-state index contributed by atoms with van der Waals surface area (Å²) in [5.41, 5.74) is 0. The summed E-state index contributed by atoms with van der Waals surface area (Å²) in [4.78, 5) is 38.4. The van der Waals surface area contributed by atoms with Crippen LogP contribution < -0.4 is 0 Å². The van der Waals surface area contributed by atoms with Crippen molar-refractivity contribution in [2.24, 2.45) is 0 Å². The second kappa shape index (κ2) is 65.1. The van der Waals surface area contributed by atoms with Crippen LogP contribution >= 0.6 is 0 Å². The zero-order chi connectivity index (χ0) is 55.7. The van der Waals surface area contributed by atoms with E-state index in [1.54, 1.807) is 0 Å². The molecule has 0 aliphatic heterocycles. The van der Waals surface area contributed by atoms with E-state index in [1.165, 1.54) is 186 Å². The van der Waals surface area contributed by atoms with Crippen LogP contribution in [-0.2, 0) is 28.6 Å². The van der Waals surface area contributed by atoms with Gasteiger partial charge in [-0.05, 0) is 116 Å². The molecule has 1 atom stereocenters. The molecule has 0 aliphatic rings. The molecule has 6 nitrogen and oxygen atoms in total. The van der Waals surface area contributed by atoms with Gasteiger partial charge in [0, 0.05) is 19.3 Å². The van der Waals surface area contributed by atoms with E-state index in [2.05, 4.69) is 106 Å². The van der Waals surface area contributed by atoms with Gasteiger partial charge < -0.3 is 14.2 Å². The van der Waals surface area contributed by atoms with Gasteiger partial charge in [0.25, 0.3) is 0 Å². The topological polar surface area (TPSA) is 78.9 Å². The van der Waals surface area contributed by atoms with Crippen molar-refractivity contribution >= 4 is 17.9 Å². The summed E-state index contributed by atoms with van der Waals surface area (Å²) in [7, 11) is 0. The number of allylic oxidation sites excluding steroid dienone is 14. The number of ether oxygens (including phenoxy) is 3. The third-order valence-corrected chi connectivity index (χ3v) is 14.4. The Hall–Kier alpha value is -3.41. The Kier molecular flexibility index (Phi) is 62.2. The van der Waals surface area contributed by atoms with Crippen molar-refractivity contribution in [3.8, 4) is 0 Å². The van der Waals surface area contributed by atoms with Gasteiger partial charge in [-0.15, -0.1) is 0 Å². The summed E-state index contributed by atoms with van der Waals surface area (Å²) in [5, 5.41) is 0. The van der Waals surface area contributed by atoms with E-state index in [-0.39, 0.29) is 31.1 Å². The van der Waals surface area contributed by atoms with Crippen LogP contribution in [0, 0.1) is 0 Å². The van der Waals surface area contributed by atoms with Crippen molar-refractivity contribution in [3.05, 3.63) is 85.1 Å². The largest absolute Gasteiger partial charge is 0.462 e. The Balaban J connectivity index is 4.33. The van der Waals surface area contributed by atoms with Gasteiger partial charge >= 0.3 is 17.9 Å². The minimum atomic E-state index is -0.787. The van der Waals surface area contributed by atoms with Crippen LogP contribution in [0.15, 0.2) is 85.1 Å². The molecule has 0 N–H and O–H groups in total. The summed E-state index contributed by atoms with van der Waals surface area (Å²) in [5.74, 6) is -0.887. The van der Waals surface area contributed by atoms with Crippen LogP contribution in [0.4, 0.5) is 0 Å². The van der Waals surface area contributed by atoms with Crippen LogP contribution in [-0.4, -0.2) is 37.2 Å². The third-order valence-electron chi connectivity index (χ3n) is 14.4. The summed E-state index contributed by atoms with van der Waals surface area (Å²) in [6.07, 6.45) is 85.9. The molecule has 77 heavy (non-hydrogen) atoms. The van der Waals surface area contributed by atoms with Crippen molar-refractivity contribution in [1.29, 1.82) is 0 Å². The predicted octanol–water partition coefficient (Wildman–Crippen LogP) is 22.7. The Morgan fingerprint density at radius 3 is 0.818 bits per heavy atom. The molecule has 0 aliphatic carbocycles. The standard InChI is InChI=1S/C71H124O6/c1-4-7-10-13-16-19-22-25-28-31-32-33-34-35-36-37-38-41-43-46-49-52-55-58-61-64-70(73)76-67-68(77-71(74)65-62-59-56-53-50-47-44-40-30-27-24-21-18-15-12-9-6-3)66-75-69(72)63-60-57-54-51-48-45-42-39-29-26-23-20-17-14-11-8-5-2/h9,12,17-18,20-22,25-27,29-32,68H,4-8,10-11,13-16,19,23-24,28,33-67H2,1-3H3/b12-9-,20-17-,21-18-,25-22-,29-26-,30-27-,32-31-. The predicted molar refractivity (Wildman–Crippen MR) is 334 cm³/mol. The summed E-state index contributed by atoms with van der Waals surface area (Å²) < 4.78 is 16.9. The lowest BCUT2D eigenvalue weighted by molar-refractivity contribution is -0.167. The fraction of sp³-hybridized carbons (Fsp3) is 0.761. The van der Waals surface area contributed by atoms with Gasteiger partial charge in [-0.25, -0.2) is 0 Å². The third kappa shape index (κ3) is 63.3. The normalized spacial score (nSPS) is 12.6. The minimum Gasteiger partial charge on any atom is -0.462 e. The Morgan fingerprint density at radius 1 is 0.273 bits per heavy atom. The maximum absolute atomic E-state index is 12.9. The molecule has 0 bridgehead atoms. The van der Waals surface area contributed by atoms with E-state index in [9.17, 15) is 14.4 Å². The lowest BCUT2D eigenvalue weighted by Crippen LogP contribution is -2.30.